The second-order valence-corrected chi connectivity index (χ2v) is 6.14. The molecule has 10 heteroatoms. The summed E-state index contributed by atoms with van der Waals surface area (Å²) in [7, 11) is 0. The molecule has 0 aliphatic carbocycles. The van der Waals surface area contributed by atoms with Gasteiger partial charge in [-0.2, -0.15) is 18.3 Å². The van der Waals surface area contributed by atoms with Gasteiger partial charge < -0.3 is 4.74 Å². The van der Waals surface area contributed by atoms with Gasteiger partial charge in [-0.25, -0.2) is 18.4 Å². The lowest BCUT2D eigenvalue weighted by molar-refractivity contribution is -0.137. The van der Waals surface area contributed by atoms with Crippen LogP contribution < -0.4 is 0 Å². The standard InChI is InChI=1S/C17H19F5N4O/c1-2-15-23-16(13-10-27-8-7-25(13)9-14(18)19)26(24-15)12-6-4-3-5-11(12)17(20,21)22/h3-6,13-14H,2,7-10H2,1H3. The number of hydrogen-bond donors (Lipinski definition) is 0. The summed E-state index contributed by atoms with van der Waals surface area (Å²) < 4.78 is 72.7. The van der Waals surface area contributed by atoms with Crippen LogP contribution in [-0.2, 0) is 17.3 Å². The molecule has 0 N–H and O–H groups in total. The van der Waals surface area contributed by atoms with Gasteiger partial charge >= 0.3 is 6.18 Å². The summed E-state index contributed by atoms with van der Waals surface area (Å²) in [4.78, 5) is 5.80. The van der Waals surface area contributed by atoms with E-state index in [1.54, 1.807) is 6.92 Å². The molecule has 1 atom stereocenters. The summed E-state index contributed by atoms with van der Waals surface area (Å²) in [6.07, 6.45) is -6.76. The van der Waals surface area contributed by atoms with Crippen molar-refractivity contribution < 1.29 is 26.7 Å². The molecule has 1 aliphatic heterocycles. The molecule has 1 saturated heterocycles. The summed E-state index contributed by atoms with van der Waals surface area (Å²) in [6.45, 7) is 1.83. The maximum Gasteiger partial charge on any atom is 0.418 e. The number of aromatic nitrogens is 3. The minimum Gasteiger partial charge on any atom is -0.378 e. The Labute approximate surface area is 152 Å². The first-order valence-corrected chi connectivity index (χ1v) is 8.53. The van der Waals surface area contributed by atoms with Crippen LogP contribution in [0.5, 0.6) is 0 Å². The number of ether oxygens (including phenoxy) is 1. The summed E-state index contributed by atoms with van der Waals surface area (Å²) in [5.41, 5.74) is -1.05. The van der Waals surface area contributed by atoms with Crippen molar-refractivity contribution in [1.29, 1.82) is 0 Å². The molecule has 0 saturated carbocycles. The highest BCUT2D eigenvalue weighted by atomic mass is 19.4. The lowest BCUT2D eigenvalue weighted by Crippen LogP contribution is -2.43. The molecule has 0 bridgehead atoms. The molecule has 1 aromatic carbocycles. The van der Waals surface area contributed by atoms with Crippen LogP contribution in [0.2, 0.25) is 0 Å². The van der Waals surface area contributed by atoms with Crippen molar-refractivity contribution in [3.8, 4) is 5.69 Å². The normalized spacial score (nSPS) is 19.0. The predicted molar refractivity (Wildman–Crippen MR) is 86.9 cm³/mol. The molecule has 1 aliphatic rings. The van der Waals surface area contributed by atoms with Crippen LogP contribution in [-0.4, -0.2) is 52.4 Å². The van der Waals surface area contributed by atoms with Gasteiger partial charge in [0.2, 0.25) is 0 Å². The van der Waals surface area contributed by atoms with Crippen LogP contribution in [0.4, 0.5) is 22.0 Å². The smallest absolute Gasteiger partial charge is 0.378 e. The zero-order valence-corrected chi connectivity index (χ0v) is 14.6. The van der Waals surface area contributed by atoms with Crippen LogP contribution in [0.3, 0.4) is 0 Å². The second-order valence-electron chi connectivity index (χ2n) is 6.14. The Bertz CT molecular complexity index is 777. The zero-order valence-electron chi connectivity index (χ0n) is 14.6. The van der Waals surface area contributed by atoms with E-state index >= 15 is 0 Å². The molecule has 5 nitrogen and oxygen atoms in total. The van der Waals surface area contributed by atoms with Crippen LogP contribution in [0.25, 0.3) is 5.69 Å². The van der Waals surface area contributed by atoms with Crippen molar-refractivity contribution in [1.82, 2.24) is 19.7 Å². The van der Waals surface area contributed by atoms with E-state index in [-0.39, 0.29) is 31.3 Å². The van der Waals surface area contributed by atoms with Gasteiger partial charge in [-0.15, -0.1) is 0 Å². The first kappa shape index (κ1) is 19.7. The van der Waals surface area contributed by atoms with Crippen molar-refractivity contribution in [2.75, 3.05) is 26.3 Å². The van der Waals surface area contributed by atoms with E-state index in [0.717, 1.165) is 10.7 Å². The van der Waals surface area contributed by atoms with Gasteiger partial charge in [-0.1, -0.05) is 19.1 Å². The molecule has 1 fully saturated rings. The van der Waals surface area contributed by atoms with E-state index in [9.17, 15) is 22.0 Å². The molecule has 2 heterocycles. The van der Waals surface area contributed by atoms with E-state index in [0.29, 0.717) is 12.2 Å². The highest BCUT2D eigenvalue weighted by Gasteiger charge is 2.37. The van der Waals surface area contributed by atoms with Crippen LogP contribution >= 0.6 is 0 Å². The van der Waals surface area contributed by atoms with E-state index in [4.69, 9.17) is 4.74 Å². The number of rotatable bonds is 5. The molecule has 27 heavy (non-hydrogen) atoms. The van der Waals surface area contributed by atoms with Gasteiger partial charge in [0.05, 0.1) is 37.1 Å². The Morgan fingerprint density at radius 3 is 2.67 bits per heavy atom. The third-order valence-electron chi connectivity index (χ3n) is 4.34. The molecule has 2 aromatic rings. The van der Waals surface area contributed by atoms with Gasteiger partial charge in [0, 0.05) is 13.0 Å². The second kappa shape index (κ2) is 7.89. The molecule has 3 rings (SSSR count). The first-order valence-electron chi connectivity index (χ1n) is 8.53. The monoisotopic (exact) mass is 390 g/mol. The van der Waals surface area contributed by atoms with E-state index < -0.39 is 30.8 Å². The molecule has 1 unspecified atom stereocenters. The fraction of sp³-hybridized carbons (Fsp3) is 0.529. The number of aryl methyl sites for hydroxylation is 1. The maximum atomic E-state index is 13.4. The number of benzene rings is 1. The molecule has 1 aromatic heterocycles. The van der Waals surface area contributed by atoms with Crippen molar-refractivity contribution in [3.05, 3.63) is 41.5 Å². The SMILES string of the molecule is CCc1nc(C2COCCN2CC(F)F)n(-c2ccccc2C(F)(F)F)n1. The maximum absolute atomic E-state index is 13.4. The first-order chi connectivity index (χ1) is 12.8. The number of nitrogens with zero attached hydrogens (tertiary/aromatic N) is 4. The van der Waals surface area contributed by atoms with Gasteiger partial charge in [-0.05, 0) is 12.1 Å². The van der Waals surface area contributed by atoms with Crippen molar-refractivity contribution in [2.45, 2.75) is 32.0 Å². The third-order valence-corrected chi connectivity index (χ3v) is 4.34. The summed E-state index contributed by atoms with van der Waals surface area (Å²) >= 11 is 0. The summed E-state index contributed by atoms with van der Waals surface area (Å²) in [5, 5.41) is 4.20. The zero-order chi connectivity index (χ0) is 19.6. The van der Waals surface area contributed by atoms with Gasteiger partial charge in [-0.3, -0.25) is 4.90 Å². The highest BCUT2D eigenvalue weighted by molar-refractivity contribution is 5.43. The lowest BCUT2D eigenvalue weighted by Gasteiger charge is -2.34. The molecular weight excluding hydrogens is 371 g/mol. The van der Waals surface area contributed by atoms with Gasteiger partial charge in [0.25, 0.3) is 6.43 Å². The van der Waals surface area contributed by atoms with E-state index in [2.05, 4.69) is 10.1 Å². The van der Waals surface area contributed by atoms with Crippen molar-refractivity contribution in [2.24, 2.45) is 0 Å². The van der Waals surface area contributed by atoms with Crippen LogP contribution in [0.1, 0.15) is 30.2 Å². The lowest BCUT2D eigenvalue weighted by atomic mass is 10.1. The quantitative estimate of drug-likeness (QED) is 0.734. The fourth-order valence-corrected chi connectivity index (χ4v) is 3.08. The average molecular weight is 390 g/mol. The van der Waals surface area contributed by atoms with E-state index in [1.165, 1.54) is 23.1 Å². The number of para-hydroxylation sites is 1. The van der Waals surface area contributed by atoms with Crippen LogP contribution in [0, 0.1) is 0 Å². The Balaban J connectivity index is 2.10. The molecule has 148 valence electrons. The summed E-state index contributed by atoms with van der Waals surface area (Å²) in [5.74, 6) is 0.508. The minimum atomic E-state index is -4.59. The van der Waals surface area contributed by atoms with Crippen LogP contribution in [0.15, 0.2) is 24.3 Å². The van der Waals surface area contributed by atoms with Gasteiger partial charge in [0.15, 0.2) is 11.6 Å². The minimum absolute atomic E-state index is 0.0583. The average Bonchev–Trinajstić information content (AvgIpc) is 3.05. The summed E-state index contributed by atoms with van der Waals surface area (Å²) in [6, 6.07) is 4.30. The predicted octanol–water partition coefficient (Wildman–Crippen LogP) is 3.49. The fourth-order valence-electron chi connectivity index (χ4n) is 3.08. The molecular formula is C17H19F5N4O. The number of hydrogen-bond acceptors (Lipinski definition) is 4. The van der Waals surface area contributed by atoms with E-state index in [1.807, 2.05) is 0 Å². The Kier molecular flexibility index (Phi) is 5.75. The van der Waals surface area contributed by atoms with Crippen molar-refractivity contribution in [3.63, 3.8) is 0 Å². The largest absolute Gasteiger partial charge is 0.418 e. The molecule has 0 radical (unpaired) electrons. The molecule has 0 amide bonds. The third kappa shape index (κ3) is 4.27. The topological polar surface area (TPSA) is 43.2 Å². The Hall–Kier alpha value is -2.07. The van der Waals surface area contributed by atoms with Crippen molar-refractivity contribution >= 4 is 0 Å². The number of alkyl halides is 5. The Morgan fingerprint density at radius 1 is 1.26 bits per heavy atom. The number of halogens is 5. The highest BCUT2D eigenvalue weighted by Crippen LogP contribution is 2.35. The Morgan fingerprint density at radius 2 is 2.00 bits per heavy atom. The molecule has 0 spiro atoms. The van der Waals surface area contributed by atoms with Gasteiger partial charge in [0.1, 0.15) is 0 Å². The number of morpholine rings is 1.